The highest BCUT2D eigenvalue weighted by molar-refractivity contribution is 5.94. The molecule has 0 aromatic heterocycles. The lowest BCUT2D eigenvalue weighted by Crippen LogP contribution is -2.29. The second-order valence-electron chi connectivity index (χ2n) is 3.85. The van der Waals surface area contributed by atoms with Crippen molar-refractivity contribution in [2.45, 2.75) is 33.1 Å². The van der Waals surface area contributed by atoms with Gasteiger partial charge >= 0.3 is 0 Å². The first-order chi connectivity index (χ1) is 7.61. The minimum Gasteiger partial charge on any atom is -0.296 e. The quantitative estimate of drug-likeness (QED) is 0.840. The Morgan fingerprint density at radius 2 is 1.69 bits per heavy atom. The lowest BCUT2D eigenvalue weighted by atomic mass is 10.1. The fourth-order valence-electron chi connectivity index (χ4n) is 1.54. The number of amides is 2. The summed E-state index contributed by atoms with van der Waals surface area (Å²) < 4.78 is 0. The van der Waals surface area contributed by atoms with Gasteiger partial charge in [0.05, 0.1) is 6.42 Å². The van der Waals surface area contributed by atoms with E-state index < -0.39 is 0 Å². The first-order valence-corrected chi connectivity index (χ1v) is 5.50. The highest BCUT2D eigenvalue weighted by atomic mass is 16.2. The second-order valence-corrected chi connectivity index (χ2v) is 3.85. The van der Waals surface area contributed by atoms with Gasteiger partial charge in [0.1, 0.15) is 0 Å². The molecule has 3 heteroatoms. The van der Waals surface area contributed by atoms with E-state index in [0.29, 0.717) is 0 Å². The Morgan fingerprint density at radius 3 is 2.19 bits per heavy atom. The Morgan fingerprint density at radius 1 is 1.12 bits per heavy atom. The van der Waals surface area contributed by atoms with E-state index in [-0.39, 0.29) is 18.2 Å². The molecule has 16 heavy (non-hydrogen) atoms. The van der Waals surface area contributed by atoms with Gasteiger partial charge < -0.3 is 0 Å². The molecule has 0 aliphatic rings. The highest BCUT2D eigenvalue weighted by Crippen LogP contribution is 2.07. The molecule has 3 nitrogen and oxygen atoms in total. The molecule has 1 N–H and O–H groups in total. The molecule has 0 saturated carbocycles. The number of rotatable bonds is 4. The van der Waals surface area contributed by atoms with Crippen LogP contribution < -0.4 is 5.32 Å². The number of hydrogen-bond acceptors (Lipinski definition) is 2. The van der Waals surface area contributed by atoms with Gasteiger partial charge in [-0.1, -0.05) is 37.6 Å². The van der Waals surface area contributed by atoms with Crippen LogP contribution in [0.1, 0.15) is 31.4 Å². The summed E-state index contributed by atoms with van der Waals surface area (Å²) in [5.41, 5.74) is 2.21. The van der Waals surface area contributed by atoms with Crippen LogP contribution >= 0.6 is 0 Å². The number of benzene rings is 1. The molecule has 0 unspecified atom stereocenters. The molecule has 2 amide bonds. The Hall–Kier alpha value is -1.64. The predicted octanol–water partition coefficient (Wildman–Crippen LogP) is 1.84. The summed E-state index contributed by atoms with van der Waals surface area (Å²) in [6.45, 7) is 3.47. The lowest BCUT2D eigenvalue weighted by Gasteiger charge is -2.03. The van der Waals surface area contributed by atoms with Gasteiger partial charge in [0.15, 0.2) is 0 Å². The highest BCUT2D eigenvalue weighted by Gasteiger charge is 2.04. The Kier molecular flexibility index (Phi) is 4.70. The van der Waals surface area contributed by atoms with Crippen molar-refractivity contribution >= 4 is 11.8 Å². The average molecular weight is 219 g/mol. The number of imide groups is 1. The van der Waals surface area contributed by atoms with E-state index in [2.05, 4.69) is 12.2 Å². The van der Waals surface area contributed by atoms with Crippen LogP contribution in [0.25, 0.3) is 0 Å². The molecule has 0 spiro atoms. The van der Waals surface area contributed by atoms with E-state index in [1.807, 2.05) is 24.3 Å². The standard InChI is InChI=1S/C13H17NO2/c1-3-4-11-5-7-12(8-6-11)9-13(16)14-10(2)15/h5-8H,3-4,9H2,1-2H3,(H,14,15,16). The van der Waals surface area contributed by atoms with Gasteiger partial charge in [-0.25, -0.2) is 0 Å². The van der Waals surface area contributed by atoms with Gasteiger partial charge in [-0.2, -0.15) is 0 Å². The predicted molar refractivity (Wildman–Crippen MR) is 63.0 cm³/mol. The summed E-state index contributed by atoms with van der Waals surface area (Å²) in [6, 6.07) is 7.93. The molecule has 0 heterocycles. The molecule has 86 valence electrons. The number of aryl methyl sites for hydroxylation is 1. The van der Waals surface area contributed by atoms with Crippen LogP contribution in [0.15, 0.2) is 24.3 Å². The van der Waals surface area contributed by atoms with Gasteiger partial charge in [0.2, 0.25) is 11.8 Å². The zero-order valence-electron chi connectivity index (χ0n) is 9.75. The number of hydrogen-bond donors (Lipinski definition) is 1. The molecule has 0 radical (unpaired) electrons. The molecule has 0 bridgehead atoms. The zero-order chi connectivity index (χ0) is 12.0. The van der Waals surface area contributed by atoms with E-state index in [0.717, 1.165) is 18.4 Å². The molecule has 1 aromatic rings. The smallest absolute Gasteiger partial charge is 0.230 e. The fraction of sp³-hybridized carbons (Fsp3) is 0.385. The molecule has 0 fully saturated rings. The summed E-state index contributed by atoms with van der Waals surface area (Å²) in [5, 5.41) is 2.25. The van der Waals surface area contributed by atoms with E-state index >= 15 is 0 Å². The van der Waals surface area contributed by atoms with Gasteiger partial charge in [-0.15, -0.1) is 0 Å². The Balaban J connectivity index is 2.54. The third-order valence-corrected chi connectivity index (χ3v) is 2.24. The zero-order valence-corrected chi connectivity index (χ0v) is 9.75. The Bertz CT molecular complexity index is 368. The summed E-state index contributed by atoms with van der Waals surface area (Å²) in [4.78, 5) is 22.0. The maximum atomic E-state index is 11.3. The topological polar surface area (TPSA) is 46.2 Å². The average Bonchev–Trinajstić information content (AvgIpc) is 2.20. The monoisotopic (exact) mass is 219 g/mol. The number of nitrogens with one attached hydrogen (secondary N) is 1. The summed E-state index contributed by atoms with van der Waals surface area (Å²) >= 11 is 0. The number of carbonyl (C=O) groups is 2. The van der Waals surface area contributed by atoms with E-state index in [1.165, 1.54) is 12.5 Å². The minimum absolute atomic E-state index is 0.254. The van der Waals surface area contributed by atoms with Gasteiger partial charge in [0.25, 0.3) is 0 Å². The fourth-order valence-corrected chi connectivity index (χ4v) is 1.54. The van der Waals surface area contributed by atoms with Crippen molar-refractivity contribution in [3.63, 3.8) is 0 Å². The van der Waals surface area contributed by atoms with Crippen molar-refractivity contribution in [1.82, 2.24) is 5.32 Å². The van der Waals surface area contributed by atoms with Crippen molar-refractivity contribution in [3.05, 3.63) is 35.4 Å². The lowest BCUT2D eigenvalue weighted by molar-refractivity contribution is -0.128. The molecule has 1 aromatic carbocycles. The van der Waals surface area contributed by atoms with Gasteiger partial charge in [-0.05, 0) is 17.5 Å². The normalized spacial score (nSPS) is 9.88. The van der Waals surface area contributed by atoms with Crippen molar-refractivity contribution in [3.8, 4) is 0 Å². The van der Waals surface area contributed by atoms with Crippen molar-refractivity contribution in [2.75, 3.05) is 0 Å². The van der Waals surface area contributed by atoms with E-state index in [9.17, 15) is 9.59 Å². The maximum absolute atomic E-state index is 11.3. The van der Waals surface area contributed by atoms with Crippen LogP contribution in [0.5, 0.6) is 0 Å². The SMILES string of the molecule is CCCc1ccc(CC(=O)NC(C)=O)cc1. The molecule has 0 saturated heterocycles. The van der Waals surface area contributed by atoms with Crippen LogP contribution in [0.4, 0.5) is 0 Å². The molecular weight excluding hydrogens is 202 g/mol. The van der Waals surface area contributed by atoms with Gasteiger partial charge in [0, 0.05) is 6.92 Å². The van der Waals surface area contributed by atoms with E-state index in [1.54, 1.807) is 0 Å². The minimum atomic E-state index is -0.312. The molecular formula is C13H17NO2. The molecule has 0 aliphatic heterocycles. The molecule has 0 atom stereocenters. The number of carbonyl (C=O) groups excluding carboxylic acids is 2. The van der Waals surface area contributed by atoms with Crippen LogP contribution in [-0.2, 0) is 22.4 Å². The van der Waals surface area contributed by atoms with Crippen molar-refractivity contribution in [2.24, 2.45) is 0 Å². The third kappa shape index (κ3) is 4.26. The van der Waals surface area contributed by atoms with Crippen molar-refractivity contribution < 1.29 is 9.59 Å². The summed E-state index contributed by atoms with van der Waals surface area (Å²) in [6.07, 6.45) is 2.43. The molecule has 0 aliphatic carbocycles. The first-order valence-electron chi connectivity index (χ1n) is 5.50. The summed E-state index contributed by atoms with van der Waals surface area (Å²) in [5.74, 6) is -0.566. The van der Waals surface area contributed by atoms with Crippen LogP contribution in [0.2, 0.25) is 0 Å². The van der Waals surface area contributed by atoms with Crippen LogP contribution in [-0.4, -0.2) is 11.8 Å². The van der Waals surface area contributed by atoms with E-state index in [4.69, 9.17) is 0 Å². The van der Waals surface area contributed by atoms with Crippen LogP contribution in [0, 0.1) is 0 Å². The van der Waals surface area contributed by atoms with Crippen molar-refractivity contribution in [1.29, 1.82) is 0 Å². The van der Waals surface area contributed by atoms with Crippen LogP contribution in [0.3, 0.4) is 0 Å². The second kappa shape index (κ2) is 6.05. The van der Waals surface area contributed by atoms with Gasteiger partial charge in [-0.3, -0.25) is 14.9 Å². The molecule has 1 rings (SSSR count). The summed E-state index contributed by atoms with van der Waals surface area (Å²) in [7, 11) is 0. The Labute approximate surface area is 95.9 Å². The third-order valence-electron chi connectivity index (χ3n) is 2.24. The maximum Gasteiger partial charge on any atom is 0.230 e. The first kappa shape index (κ1) is 12.4. The largest absolute Gasteiger partial charge is 0.296 e.